The summed E-state index contributed by atoms with van der Waals surface area (Å²) in [6.07, 6.45) is 1.79. The van der Waals surface area contributed by atoms with Crippen molar-refractivity contribution >= 4 is 6.21 Å². The van der Waals surface area contributed by atoms with Crippen LogP contribution in [0.15, 0.2) is 28.4 Å². The molecule has 0 aromatic carbocycles. The molecule has 68 valence electrons. The minimum atomic E-state index is 0.812. The molecule has 0 spiro atoms. The van der Waals surface area contributed by atoms with Crippen molar-refractivity contribution in [3.8, 4) is 0 Å². The summed E-state index contributed by atoms with van der Waals surface area (Å²) in [6, 6.07) is 0. The highest BCUT2D eigenvalue weighted by molar-refractivity contribution is 5.77. The van der Waals surface area contributed by atoms with E-state index in [0.717, 1.165) is 17.8 Å². The average molecular weight is 166 g/mol. The van der Waals surface area contributed by atoms with Crippen LogP contribution in [-0.2, 0) is 0 Å². The molecule has 0 aliphatic heterocycles. The Balaban J connectivity index is 4.35. The maximum absolute atomic E-state index is 4.31. The van der Waals surface area contributed by atoms with Gasteiger partial charge < -0.3 is 5.32 Å². The molecule has 0 bridgehead atoms. The number of hydrogen-bond acceptors (Lipinski definition) is 2. The molecule has 0 aliphatic carbocycles. The first-order valence-corrected chi connectivity index (χ1v) is 4.08. The minimum absolute atomic E-state index is 0.812. The summed E-state index contributed by atoms with van der Waals surface area (Å²) in [7, 11) is 1.92. The second kappa shape index (κ2) is 5.72. The van der Waals surface area contributed by atoms with Gasteiger partial charge in [0.2, 0.25) is 0 Å². The Kier molecular flexibility index (Phi) is 5.30. The van der Waals surface area contributed by atoms with Crippen LogP contribution in [0.4, 0.5) is 0 Å². The summed E-state index contributed by atoms with van der Waals surface area (Å²) >= 11 is 0. The fourth-order valence-electron chi connectivity index (χ4n) is 0.707. The molecule has 0 aliphatic rings. The van der Waals surface area contributed by atoms with Crippen molar-refractivity contribution in [2.45, 2.75) is 20.8 Å². The molecule has 0 atom stereocenters. The molecule has 2 nitrogen and oxygen atoms in total. The lowest BCUT2D eigenvalue weighted by molar-refractivity contribution is 0.860. The molecular formula is C10H18N2. The second-order valence-corrected chi connectivity index (χ2v) is 3.08. The Hall–Kier alpha value is -0.890. The lowest BCUT2D eigenvalue weighted by Gasteiger charge is -2.02. The molecule has 0 amide bonds. The number of nitrogens with one attached hydrogen (secondary N) is 1. The highest BCUT2D eigenvalue weighted by Gasteiger charge is 1.93. The van der Waals surface area contributed by atoms with E-state index >= 15 is 0 Å². The predicted octanol–water partition coefficient (Wildman–Crippen LogP) is 2.15. The molecule has 1 N–H and O–H groups in total. The van der Waals surface area contributed by atoms with Crippen LogP contribution in [0.3, 0.4) is 0 Å². The molecule has 0 saturated carbocycles. The van der Waals surface area contributed by atoms with E-state index < -0.39 is 0 Å². The molecule has 0 aromatic rings. The molecule has 12 heavy (non-hydrogen) atoms. The highest BCUT2D eigenvalue weighted by Crippen LogP contribution is 2.03. The SMILES string of the molecule is C=C(C)C=NC(CNC)=C(C)C. The smallest absolute Gasteiger partial charge is 0.0528 e. The van der Waals surface area contributed by atoms with Crippen molar-refractivity contribution in [2.24, 2.45) is 4.99 Å². The zero-order valence-corrected chi connectivity index (χ0v) is 8.44. The third kappa shape index (κ3) is 4.85. The number of likely N-dealkylation sites (N-methyl/N-ethyl adjacent to an activating group) is 1. The third-order valence-corrected chi connectivity index (χ3v) is 1.36. The van der Waals surface area contributed by atoms with Crippen LogP contribution in [0.1, 0.15) is 20.8 Å². The van der Waals surface area contributed by atoms with Gasteiger partial charge in [-0.1, -0.05) is 12.2 Å². The van der Waals surface area contributed by atoms with Crippen molar-refractivity contribution in [3.63, 3.8) is 0 Å². The lowest BCUT2D eigenvalue weighted by Crippen LogP contribution is -2.10. The van der Waals surface area contributed by atoms with Gasteiger partial charge in [0.1, 0.15) is 0 Å². The summed E-state index contributed by atoms with van der Waals surface area (Å²) < 4.78 is 0. The van der Waals surface area contributed by atoms with Crippen LogP contribution in [0.25, 0.3) is 0 Å². The Morgan fingerprint density at radius 2 is 2.00 bits per heavy atom. The molecular weight excluding hydrogens is 148 g/mol. The standard InChI is InChI=1S/C10H18N2/c1-8(2)6-12-10(7-11-5)9(3)4/h6,11H,1,7H2,2-5H3. The summed E-state index contributed by atoms with van der Waals surface area (Å²) in [4.78, 5) is 4.31. The van der Waals surface area contributed by atoms with Gasteiger partial charge in [-0.05, 0) is 33.4 Å². The van der Waals surface area contributed by atoms with E-state index in [1.807, 2.05) is 14.0 Å². The van der Waals surface area contributed by atoms with Gasteiger partial charge in [-0.3, -0.25) is 4.99 Å². The number of aliphatic imine (C=N–C) groups is 1. The Bertz CT molecular complexity index is 208. The van der Waals surface area contributed by atoms with Crippen molar-refractivity contribution in [1.29, 1.82) is 0 Å². The van der Waals surface area contributed by atoms with Crippen LogP contribution in [0.5, 0.6) is 0 Å². The van der Waals surface area contributed by atoms with Gasteiger partial charge in [-0.25, -0.2) is 0 Å². The van der Waals surface area contributed by atoms with Gasteiger partial charge in [-0.15, -0.1) is 0 Å². The summed E-state index contributed by atoms with van der Waals surface area (Å²) in [5.41, 5.74) is 3.30. The van der Waals surface area contributed by atoms with E-state index in [1.165, 1.54) is 5.57 Å². The van der Waals surface area contributed by atoms with Gasteiger partial charge in [0.25, 0.3) is 0 Å². The van der Waals surface area contributed by atoms with E-state index in [4.69, 9.17) is 0 Å². The van der Waals surface area contributed by atoms with Crippen LogP contribution >= 0.6 is 0 Å². The Morgan fingerprint density at radius 1 is 1.42 bits per heavy atom. The molecule has 0 aromatic heterocycles. The van der Waals surface area contributed by atoms with Gasteiger partial charge in [0.15, 0.2) is 0 Å². The number of hydrogen-bond donors (Lipinski definition) is 1. The third-order valence-electron chi connectivity index (χ3n) is 1.36. The maximum Gasteiger partial charge on any atom is 0.0528 e. The quantitative estimate of drug-likeness (QED) is 0.636. The van der Waals surface area contributed by atoms with Gasteiger partial charge in [-0.2, -0.15) is 0 Å². The van der Waals surface area contributed by atoms with Crippen LogP contribution in [0.2, 0.25) is 0 Å². The average Bonchev–Trinajstić information content (AvgIpc) is 1.96. The first kappa shape index (κ1) is 11.1. The number of allylic oxidation sites excluding steroid dienone is 2. The summed E-state index contributed by atoms with van der Waals surface area (Å²) in [5.74, 6) is 0. The Morgan fingerprint density at radius 3 is 2.33 bits per heavy atom. The fraction of sp³-hybridized carbons (Fsp3) is 0.500. The van der Waals surface area contributed by atoms with E-state index in [1.54, 1.807) is 6.21 Å². The monoisotopic (exact) mass is 166 g/mol. The molecule has 2 heteroatoms. The second-order valence-electron chi connectivity index (χ2n) is 3.08. The number of nitrogens with zero attached hydrogens (tertiary/aromatic N) is 1. The highest BCUT2D eigenvalue weighted by atomic mass is 14.9. The molecule has 0 rings (SSSR count). The van der Waals surface area contributed by atoms with E-state index in [9.17, 15) is 0 Å². The van der Waals surface area contributed by atoms with Crippen LogP contribution in [-0.4, -0.2) is 19.8 Å². The fourth-order valence-corrected chi connectivity index (χ4v) is 0.707. The zero-order chi connectivity index (χ0) is 9.56. The predicted molar refractivity (Wildman–Crippen MR) is 55.6 cm³/mol. The van der Waals surface area contributed by atoms with Crippen molar-refractivity contribution in [2.75, 3.05) is 13.6 Å². The first-order chi connectivity index (χ1) is 5.57. The zero-order valence-electron chi connectivity index (χ0n) is 8.44. The Labute approximate surface area is 75.1 Å². The van der Waals surface area contributed by atoms with Crippen molar-refractivity contribution in [1.82, 2.24) is 5.32 Å². The van der Waals surface area contributed by atoms with E-state index in [-0.39, 0.29) is 0 Å². The molecule has 0 saturated heterocycles. The number of rotatable bonds is 4. The summed E-state index contributed by atoms with van der Waals surface area (Å²) in [5, 5.41) is 3.07. The molecule has 0 heterocycles. The van der Waals surface area contributed by atoms with Crippen molar-refractivity contribution < 1.29 is 0 Å². The molecule has 0 fully saturated rings. The van der Waals surface area contributed by atoms with Gasteiger partial charge in [0, 0.05) is 12.8 Å². The van der Waals surface area contributed by atoms with Crippen molar-refractivity contribution in [3.05, 3.63) is 23.4 Å². The summed E-state index contributed by atoms with van der Waals surface area (Å²) in [6.45, 7) is 10.6. The molecule has 0 unspecified atom stereocenters. The normalized spacial score (nSPS) is 10.3. The lowest BCUT2D eigenvalue weighted by atomic mass is 10.2. The largest absolute Gasteiger partial charge is 0.314 e. The van der Waals surface area contributed by atoms with E-state index in [0.29, 0.717) is 0 Å². The maximum atomic E-state index is 4.31. The van der Waals surface area contributed by atoms with Crippen LogP contribution in [0, 0.1) is 0 Å². The van der Waals surface area contributed by atoms with E-state index in [2.05, 4.69) is 30.7 Å². The topological polar surface area (TPSA) is 24.4 Å². The molecule has 0 radical (unpaired) electrons. The van der Waals surface area contributed by atoms with Gasteiger partial charge in [0.05, 0.1) is 5.70 Å². The first-order valence-electron chi connectivity index (χ1n) is 4.08. The van der Waals surface area contributed by atoms with Gasteiger partial charge >= 0.3 is 0 Å². The van der Waals surface area contributed by atoms with Crippen LogP contribution < -0.4 is 5.32 Å². The minimum Gasteiger partial charge on any atom is -0.314 e.